The molecule has 1 aromatic rings. The molecule has 0 radical (unpaired) electrons. The van der Waals surface area contributed by atoms with Crippen molar-refractivity contribution in [3.05, 3.63) is 29.3 Å². The summed E-state index contributed by atoms with van der Waals surface area (Å²) in [5, 5.41) is 9.25. The Morgan fingerprint density at radius 2 is 1.59 bits per heavy atom. The number of carbonyl (C=O) groups is 2. The molecule has 0 N–H and O–H groups in total. The summed E-state index contributed by atoms with van der Waals surface area (Å²) >= 11 is 0. The van der Waals surface area contributed by atoms with Gasteiger partial charge in [-0.1, -0.05) is 0 Å². The predicted molar refractivity (Wildman–Crippen MR) is 111 cm³/mol. The summed E-state index contributed by atoms with van der Waals surface area (Å²) in [6.07, 6.45) is 7.38. The number of ketones is 1. The van der Waals surface area contributed by atoms with E-state index in [1.54, 1.807) is 19.1 Å². The molecule has 5 nitrogen and oxygen atoms in total. The quantitative estimate of drug-likeness (QED) is 0.738. The van der Waals surface area contributed by atoms with Crippen molar-refractivity contribution in [1.82, 2.24) is 4.90 Å². The van der Waals surface area contributed by atoms with Gasteiger partial charge in [-0.3, -0.25) is 9.59 Å². The van der Waals surface area contributed by atoms with Gasteiger partial charge in [0.2, 0.25) is 5.91 Å². The minimum Gasteiger partial charge on any atom is -0.367 e. The van der Waals surface area contributed by atoms with E-state index >= 15 is 0 Å². The van der Waals surface area contributed by atoms with Crippen LogP contribution in [0.2, 0.25) is 0 Å². The molecule has 6 rings (SSSR count). The molecule has 1 heterocycles. The predicted octanol–water partition coefficient (Wildman–Crippen LogP) is 3.63. The van der Waals surface area contributed by atoms with E-state index in [1.807, 2.05) is 6.07 Å². The maximum atomic E-state index is 13.6. The molecule has 5 heteroatoms. The van der Waals surface area contributed by atoms with Crippen LogP contribution in [0.25, 0.3) is 0 Å². The van der Waals surface area contributed by atoms with E-state index in [2.05, 4.69) is 15.9 Å². The SMILES string of the molecule is CC(=O)c1ccc(C#N)cc1N1CCN(C(=O)C23CC4CC(CC(C4)C2)C3)CC1. The first-order valence-corrected chi connectivity index (χ1v) is 11.1. The van der Waals surface area contributed by atoms with Gasteiger partial charge in [-0.15, -0.1) is 0 Å². The first-order chi connectivity index (χ1) is 14.0. The van der Waals surface area contributed by atoms with Crippen LogP contribution in [-0.2, 0) is 4.79 Å². The number of hydrogen-bond donors (Lipinski definition) is 0. The summed E-state index contributed by atoms with van der Waals surface area (Å²) in [6, 6.07) is 7.44. The molecule has 1 saturated heterocycles. The second-order valence-corrected chi connectivity index (χ2v) is 9.88. The summed E-state index contributed by atoms with van der Waals surface area (Å²) in [5.74, 6) is 2.74. The molecular formula is C24H29N3O2. The molecule has 4 aliphatic carbocycles. The fourth-order valence-electron chi connectivity index (χ4n) is 7.02. The maximum Gasteiger partial charge on any atom is 0.228 e. The highest BCUT2D eigenvalue weighted by molar-refractivity contribution is 6.00. The summed E-state index contributed by atoms with van der Waals surface area (Å²) in [5.41, 5.74) is 1.97. The lowest BCUT2D eigenvalue weighted by Crippen LogP contribution is -2.58. The van der Waals surface area contributed by atoms with Crippen molar-refractivity contribution in [2.75, 3.05) is 31.1 Å². The van der Waals surface area contributed by atoms with Crippen LogP contribution in [0.4, 0.5) is 5.69 Å². The van der Waals surface area contributed by atoms with Crippen LogP contribution in [0.15, 0.2) is 18.2 Å². The van der Waals surface area contributed by atoms with Gasteiger partial charge < -0.3 is 9.80 Å². The van der Waals surface area contributed by atoms with E-state index in [0.29, 0.717) is 43.2 Å². The molecule has 1 aliphatic heterocycles. The number of anilines is 1. The maximum absolute atomic E-state index is 13.6. The number of carbonyl (C=O) groups excluding carboxylic acids is 2. The topological polar surface area (TPSA) is 64.4 Å². The van der Waals surface area contributed by atoms with E-state index in [9.17, 15) is 14.9 Å². The molecule has 0 spiro atoms. The van der Waals surface area contributed by atoms with Crippen LogP contribution >= 0.6 is 0 Å². The van der Waals surface area contributed by atoms with Gasteiger partial charge in [0.15, 0.2) is 5.78 Å². The molecule has 1 aromatic carbocycles. The van der Waals surface area contributed by atoms with Gasteiger partial charge in [0, 0.05) is 37.4 Å². The van der Waals surface area contributed by atoms with Crippen molar-refractivity contribution >= 4 is 17.4 Å². The third-order valence-corrected chi connectivity index (χ3v) is 7.91. The number of piperazine rings is 1. The summed E-state index contributed by atoms with van der Waals surface area (Å²) in [6.45, 7) is 4.40. The van der Waals surface area contributed by atoms with Crippen molar-refractivity contribution in [1.29, 1.82) is 5.26 Å². The Labute approximate surface area is 172 Å². The zero-order chi connectivity index (χ0) is 20.2. The van der Waals surface area contributed by atoms with Crippen LogP contribution in [0.3, 0.4) is 0 Å². The van der Waals surface area contributed by atoms with Gasteiger partial charge in [-0.2, -0.15) is 5.26 Å². The Morgan fingerprint density at radius 3 is 2.10 bits per heavy atom. The Bertz CT molecular complexity index is 857. The molecule has 1 amide bonds. The number of benzene rings is 1. The molecule has 0 unspecified atom stereocenters. The smallest absolute Gasteiger partial charge is 0.228 e. The molecule has 5 aliphatic rings. The summed E-state index contributed by atoms with van der Waals surface area (Å²) in [7, 11) is 0. The Morgan fingerprint density at radius 1 is 1.00 bits per heavy atom. The average Bonchev–Trinajstić information content (AvgIpc) is 2.72. The van der Waals surface area contributed by atoms with Crippen molar-refractivity contribution in [3.8, 4) is 6.07 Å². The van der Waals surface area contributed by atoms with Crippen LogP contribution in [0, 0.1) is 34.5 Å². The number of Topliss-reactive ketones (excluding diaryl/α,β-unsaturated/α-hetero) is 1. The third kappa shape index (κ3) is 3.13. The van der Waals surface area contributed by atoms with E-state index in [0.717, 1.165) is 42.7 Å². The van der Waals surface area contributed by atoms with Gasteiger partial charge in [0.1, 0.15) is 0 Å². The highest BCUT2D eigenvalue weighted by Gasteiger charge is 2.55. The number of amides is 1. The Balaban J connectivity index is 1.31. The van der Waals surface area contributed by atoms with Crippen LogP contribution in [0.5, 0.6) is 0 Å². The average molecular weight is 392 g/mol. The molecule has 4 saturated carbocycles. The van der Waals surface area contributed by atoms with Crippen LogP contribution < -0.4 is 4.90 Å². The standard InChI is InChI=1S/C24H29N3O2/c1-16(28)21-3-2-17(15-25)11-22(21)26-4-6-27(7-5-26)23(29)24-12-18-8-19(13-24)10-20(9-18)14-24/h2-3,11,18-20H,4-10,12-14H2,1H3. The molecule has 4 bridgehead atoms. The minimum absolute atomic E-state index is 0.0107. The molecule has 0 aromatic heterocycles. The monoisotopic (exact) mass is 391 g/mol. The third-order valence-electron chi connectivity index (χ3n) is 7.91. The molecule has 0 atom stereocenters. The van der Waals surface area contributed by atoms with Gasteiger partial charge in [0.25, 0.3) is 0 Å². The lowest BCUT2D eigenvalue weighted by Gasteiger charge is -2.57. The zero-order valence-electron chi connectivity index (χ0n) is 17.2. The number of nitrogens with zero attached hydrogens (tertiary/aromatic N) is 3. The molecular weight excluding hydrogens is 362 g/mol. The Kier molecular flexibility index (Phi) is 4.42. The van der Waals surface area contributed by atoms with Gasteiger partial charge in [0.05, 0.1) is 17.0 Å². The van der Waals surface area contributed by atoms with Crippen molar-refractivity contribution in [2.24, 2.45) is 23.2 Å². The molecule has 29 heavy (non-hydrogen) atoms. The second-order valence-electron chi connectivity index (χ2n) is 9.88. The van der Waals surface area contributed by atoms with Crippen LogP contribution in [0.1, 0.15) is 61.4 Å². The first kappa shape index (κ1) is 18.7. The first-order valence-electron chi connectivity index (χ1n) is 11.1. The second kappa shape index (κ2) is 6.86. The largest absolute Gasteiger partial charge is 0.367 e. The minimum atomic E-state index is -0.0812. The van der Waals surface area contributed by atoms with Gasteiger partial charge >= 0.3 is 0 Å². The number of nitriles is 1. The Hall–Kier alpha value is -2.35. The normalized spacial score (nSPS) is 32.9. The fourth-order valence-corrected chi connectivity index (χ4v) is 7.02. The van der Waals surface area contributed by atoms with Crippen molar-refractivity contribution in [2.45, 2.75) is 45.4 Å². The molecule has 152 valence electrons. The van der Waals surface area contributed by atoms with Crippen molar-refractivity contribution < 1.29 is 9.59 Å². The van der Waals surface area contributed by atoms with E-state index in [1.165, 1.54) is 19.3 Å². The summed E-state index contributed by atoms with van der Waals surface area (Å²) < 4.78 is 0. The van der Waals surface area contributed by atoms with E-state index < -0.39 is 0 Å². The van der Waals surface area contributed by atoms with Gasteiger partial charge in [-0.05, 0) is 81.4 Å². The number of hydrogen-bond acceptors (Lipinski definition) is 4. The zero-order valence-corrected chi connectivity index (χ0v) is 17.2. The fraction of sp³-hybridized carbons (Fsp3) is 0.625. The van der Waals surface area contributed by atoms with Crippen molar-refractivity contribution in [3.63, 3.8) is 0 Å². The lowest BCUT2D eigenvalue weighted by atomic mass is 9.49. The molecule has 5 fully saturated rings. The van der Waals surface area contributed by atoms with Gasteiger partial charge in [-0.25, -0.2) is 0 Å². The van der Waals surface area contributed by atoms with E-state index in [-0.39, 0.29) is 11.2 Å². The summed E-state index contributed by atoms with van der Waals surface area (Å²) in [4.78, 5) is 29.9. The van der Waals surface area contributed by atoms with Crippen LogP contribution in [-0.4, -0.2) is 42.8 Å². The lowest BCUT2D eigenvalue weighted by molar-refractivity contribution is -0.158. The highest BCUT2D eigenvalue weighted by atomic mass is 16.2. The number of rotatable bonds is 3. The van der Waals surface area contributed by atoms with E-state index in [4.69, 9.17) is 0 Å². The highest BCUT2D eigenvalue weighted by Crippen LogP contribution is 2.60.